The van der Waals surface area contributed by atoms with Crippen molar-refractivity contribution in [2.45, 2.75) is 0 Å². The standard InChI is InChI=1S/C24H25N5O2/c30-23(12-11-20-17-26-29(19-20)22-9-5-2-6-10-22)25-18-24(31)28-15-13-27(14-16-28)21-7-3-1-4-8-21/h1-12,17,19H,13-16,18H2,(H,25,30)/b12-11+. The highest BCUT2D eigenvalue weighted by molar-refractivity contribution is 5.94. The Labute approximate surface area is 181 Å². The molecule has 1 aliphatic rings. The van der Waals surface area contributed by atoms with Crippen LogP contribution in [0.25, 0.3) is 11.8 Å². The van der Waals surface area contributed by atoms with Crippen LogP contribution in [0.1, 0.15) is 5.56 Å². The molecule has 7 nitrogen and oxygen atoms in total. The van der Waals surface area contributed by atoms with Crippen molar-refractivity contribution in [1.82, 2.24) is 20.0 Å². The van der Waals surface area contributed by atoms with Crippen LogP contribution in [0.5, 0.6) is 0 Å². The number of rotatable bonds is 6. The van der Waals surface area contributed by atoms with Gasteiger partial charge in [-0.1, -0.05) is 36.4 Å². The molecule has 0 atom stereocenters. The Balaban J connectivity index is 1.22. The van der Waals surface area contributed by atoms with Crippen LogP contribution in [0.4, 0.5) is 5.69 Å². The molecule has 7 heteroatoms. The lowest BCUT2D eigenvalue weighted by Gasteiger charge is -2.36. The van der Waals surface area contributed by atoms with E-state index in [0.29, 0.717) is 13.1 Å². The van der Waals surface area contributed by atoms with Crippen LogP contribution in [0.3, 0.4) is 0 Å². The highest BCUT2D eigenvalue weighted by Gasteiger charge is 2.21. The van der Waals surface area contributed by atoms with Crippen molar-refractivity contribution in [2.75, 3.05) is 37.6 Å². The van der Waals surface area contributed by atoms with Crippen LogP contribution >= 0.6 is 0 Å². The number of hydrogen-bond acceptors (Lipinski definition) is 4. The maximum absolute atomic E-state index is 12.4. The van der Waals surface area contributed by atoms with Gasteiger partial charge in [0.15, 0.2) is 0 Å². The van der Waals surface area contributed by atoms with E-state index >= 15 is 0 Å². The molecule has 2 aromatic carbocycles. The van der Waals surface area contributed by atoms with Gasteiger partial charge in [-0.2, -0.15) is 5.10 Å². The van der Waals surface area contributed by atoms with Crippen molar-refractivity contribution in [1.29, 1.82) is 0 Å². The molecule has 31 heavy (non-hydrogen) atoms. The highest BCUT2D eigenvalue weighted by Crippen LogP contribution is 2.15. The summed E-state index contributed by atoms with van der Waals surface area (Å²) in [5.74, 6) is -0.366. The van der Waals surface area contributed by atoms with Crippen molar-refractivity contribution in [2.24, 2.45) is 0 Å². The normalized spacial score (nSPS) is 14.1. The average molecular weight is 415 g/mol. The third kappa shape index (κ3) is 5.39. The van der Waals surface area contributed by atoms with Crippen LogP contribution < -0.4 is 10.2 Å². The first-order chi connectivity index (χ1) is 15.2. The number of amides is 2. The van der Waals surface area contributed by atoms with E-state index in [1.54, 1.807) is 21.9 Å². The van der Waals surface area contributed by atoms with Gasteiger partial charge < -0.3 is 15.1 Å². The van der Waals surface area contributed by atoms with Crippen molar-refractivity contribution < 1.29 is 9.59 Å². The first kappa shape index (κ1) is 20.4. The van der Waals surface area contributed by atoms with E-state index in [2.05, 4.69) is 27.4 Å². The Bertz CT molecular complexity index is 1040. The fourth-order valence-electron chi connectivity index (χ4n) is 3.50. The minimum Gasteiger partial charge on any atom is -0.368 e. The molecule has 2 amide bonds. The first-order valence-corrected chi connectivity index (χ1v) is 10.3. The number of aromatic nitrogens is 2. The smallest absolute Gasteiger partial charge is 0.244 e. The zero-order valence-corrected chi connectivity index (χ0v) is 17.2. The Hall–Kier alpha value is -3.87. The number of piperazine rings is 1. The van der Waals surface area contributed by atoms with E-state index in [0.717, 1.165) is 24.3 Å². The number of carbonyl (C=O) groups is 2. The molecule has 0 bridgehead atoms. The largest absolute Gasteiger partial charge is 0.368 e. The van der Waals surface area contributed by atoms with Gasteiger partial charge in [0.2, 0.25) is 11.8 Å². The minimum atomic E-state index is -0.302. The van der Waals surface area contributed by atoms with Gasteiger partial charge in [0.25, 0.3) is 0 Å². The second-order valence-electron chi connectivity index (χ2n) is 7.31. The van der Waals surface area contributed by atoms with E-state index in [4.69, 9.17) is 0 Å². The van der Waals surface area contributed by atoms with Gasteiger partial charge in [0.05, 0.1) is 18.4 Å². The van der Waals surface area contributed by atoms with Crippen LogP contribution in [-0.2, 0) is 9.59 Å². The quantitative estimate of drug-likeness (QED) is 0.628. The van der Waals surface area contributed by atoms with E-state index in [-0.39, 0.29) is 18.4 Å². The fourth-order valence-corrected chi connectivity index (χ4v) is 3.50. The zero-order chi connectivity index (χ0) is 21.5. The summed E-state index contributed by atoms with van der Waals surface area (Å²) in [5, 5.41) is 6.97. The average Bonchev–Trinajstić information content (AvgIpc) is 3.31. The number of carbonyl (C=O) groups excluding carboxylic acids is 2. The van der Waals surface area contributed by atoms with Crippen molar-refractivity contribution >= 4 is 23.6 Å². The topological polar surface area (TPSA) is 70.5 Å². The first-order valence-electron chi connectivity index (χ1n) is 10.3. The molecule has 1 aromatic heterocycles. The molecule has 2 heterocycles. The second-order valence-corrected chi connectivity index (χ2v) is 7.31. The third-order valence-electron chi connectivity index (χ3n) is 5.22. The molecule has 0 aliphatic carbocycles. The number of anilines is 1. The maximum atomic E-state index is 12.4. The Morgan fingerprint density at radius 1 is 0.903 bits per heavy atom. The van der Waals surface area contributed by atoms with Crippen LogP contribution in [0.2, 0.25) is 0 Å². The summed E-state index contributed by atoms with van der Waals surface area (Å²) in [7, 11) is 0. The highest BCUT2D eigenvalue weighted by atomic mass is 16.2. The van der Waals surface area contributed by atoms with Gasteiger partial charge in [0.1, 0.15) is 0 Å². The molecule has 1 saturated heterocycles. The molecule has 158 valence electrons. The number of hydrogen-bond donors (Lipinski definition) is 1. The SMILES string of the molecule is O=C(/C=C/c1cnn(-c2ccccc2)c1)NCC(=O)N1CCN(c2ccccc2)CC1. The van der Waals surface area contributed by atoms with Crippen LogP contribution in [0.15, 0.2) is 79.1 Å². The van der Waals surface area contributed by atoms with Gasteiger partial charge in [0, 0.05) is 49.7 Å². The van der Waals surface area contributed by atoms with E-state index < -0.39 is 0 Å². The Morgan fingerprint density at radius 2 is 1.55 bits per heavy atom. The van der Waals surface area contributed by atoms with Gasteiger partial charge in [-0.05, 0) is 30.3 Å². The van der Waals surface area contributed by atoms with E-state index in [1.165, 1.54) is 11.8 Å². The minimum absolute atomic E-state index is 0.00219. The number of nitrogens with one attached hydrogen (secondary N) is 1. The predicted molar refractivity (Wildman–Crippen MR) is 121 cm³/mol. The molecule has 0 unspecified atom stereocenters. The summed E-state index contributed by atoms with van der Waals surface area (Å²) < 4.78 is 1.75. The molecule has 0 spiro atoms. The van der Waals surface area contributed by atoms with Gasteiger partial charge in [-0.3, -0.25) is 9.59 Å². The lowest BCUT2D eigenvalue weighted by atomic mass is 10.2. The van der Waals surface area contributed by atoms with E-state index in [9.17, 15) is 9.59 Å². The van der Waals surface area contributed by atoms with Gasteiger partial charge >= 0.3 is 0 Å². The lowest BCUT2D eigenvalue weighted by molar-refractivity contribution is -0.132. The van der Waals surface area contributed by atoms with Crippen molar-refractivity contribution in [3.63, 3.8) is 0 Å². The Morgan fingerprint density at radius 3 is 2.23 bits per heavy atom. The molecule has 3 aromatic rings. The molecular weight excluding hydrogens is 390 g/mol. The van der Waals surface area contributed by atoms with Gasteiger partial charge in [-0.15, -0.1) is 0 Å². The number of para-hydroxylation sites is 2. The predicted octanol–water partition coefficient (Wildman–Crippen LogP) is 2.35. The molecule has 0 radical (unpaired) electrons. The molecule has 1 aliphatic heterocycles. The second kappa shape index (κ2) is 9.75. The molecule has 4 rings (SSSR count). The molecule has 1 N–H and O–H groups in total. The summed E-state index contributed by atoms with van der Waals surface area (Å²) in [6.07, 6.45) is 6.64. The fraction of sp³-hybridized carbons (Fsp3) is 0.208. The summed E-state index contributed by atoms with van der Waals surface area (Å²) in [6.45, 7) is 2.87. The lowest BCUT2D eigenvalue weighted by Crippen LogP contribution is -2.51. The van der Waals surface area contributed by atoms with Crippen molar-refractivity contribution in [3.8, 4) is 5.69 Å². The molecular formula is C24H25N5O2. The van der Waals surface area contributed by atoms with E-state index in [1.807, 2.05) is 54.7 Å². The molecule has 1 fully saturated rings. The van der Waals surface area contributed by atoms with Crippen molar-refractivity contribution in [3.05, 3.63) is 84.7 Å². The van der Waals surface area contributed by atoms with Crippen LogP contribution in [-0.4, -0.2) is 59.2 Å². The zero-order valence-electron chi connectivity index (χ0n) is 17.2. The molecule has 0 saturated carbocycles. The summed E-state index contributed by atoms with van der Waals surface area (Å²) in [5.41, 5.74) is 2.93. The number of benzene rings is 2. The maximum Gasteiger partial charge on any atom is 0.244 e. The monoisotopic (exact) mass is 415 g/mol. The summed E-state index contributed by atoms with van der Waals surface area (Å²) >= 11 is 0. The number of nitrogens with zero attached hydrogens (tertiary/aromatic N) is 4. The summed E-state index contributed by atoms with van der Waals surface area (Å²) in [6, 6.07) is 19.9. The van der Waals surface area contributed by atoms with Gasteiger partial charge in [-0.25, -0.2) is 4.68 Å². The Kier molecular flexibility index (Phi) is 6.42. The third-order valence-corrected chi connectivity index (χ3v) is 5.22. The summed E-state index contributed by atoms with van der Waals surface area (Å²) in [4.78, 5) is 28.6. The van der Waals surface area contributed by atoms with Crippen LogP contribution in [0, 0.1) is 0 Å².